The number of aliphatic hydroxyl groups is 1. The van der Waals surface area contributed by atoms with Gasteiger partial charge in [0, 0.05) is 16.4 Å². The largest absolute Gasteiger partial charge is 0.391 e. The van der Waals surface area contributed by atoms with Crippen LogP contribution in [0, 0.1) is 0 Å². The normalized spacial score (nSPS) is 20.5. The summed E-state index contributed by atoms with van der Waals surface area (Å²) in [5, 5.41) is 9.83. The molecule has 1 saturated carbocycles. The monoisotopic (exact) mass is 255 g/mol. The predicted octanol–water partition coefficient (Wildman–Crippen LogP) is 1.80. The van der Waals surface area contributed by atoms with Crippen molar-refractivity contribution in [3.8, 4) is 0 Å². The second kappa shape index (κ2) is 3.65. The van der Waals surface area contributed by atoms with Gasteiger partial charge in [0.15, 0.2) is 0 Å². The third kappa shape index (κ3) is 1.60. The second-order valence-electron chi connectivity index (χ2n) is 3.91. The molecule has 0 heterocycles. The number of aliphatic hydroxyl groups excluding tert-OH is 1. The number of rotatable bonds is 3. The van der Waals surface area contributed by atoms with Crippen molar-refractivity contribution in [3.05, 3.63) is 34.3 Å². The molecule has 1 aromatic carbocycles. The standard InChI is InChI=1S/C11H14BrNO/c12-9-3-1-8(2-4-9)11(5-6-11)10(14)7-13/h1-4,10,14H,5-7,13H2/t10-/m1/s1. The summed E-state index contributed by atoms with van der Waals surface area (Å²) >= 11 is 3.40. The molecule has 1 aliphatic carbocycles. The fourth-order valence-corrected chi connectivity index (χ4v) is 2.22. The van der Waals surface area contributed by atoms with E-state index in [-0.39, 0.29) is 5.41 Å². The molecule has 0 radical (unpaired) electrons. The Morgan fingerprint density at radius 1 is 1.36 bits per heavy atom. The van der Waals surface area contributed by atoms with E-state index in [9.17, 15) is 5.11 Å². The van der Waals surface area contributed by atoms with Crippen LogP contribution < -0.4 is 5.73 Å². The molecule has 1 aromatic rings. The maximum absolute atomic E-state index is 9.83. The molecule has 1 aliphatic rings. The first kappa shape index (κ1) is 10.1. The number of benzene rings is 1. The van der Waals surface area contributed by atoms with Crippen molar-refractivity contribution >= 4 is 15.9 Å². The third-order valence-corrected chi connectivity index (χ3v) is 3.60. The van der Waals surface area contributed by atoms with E-state index in [1.807, 2.05) is 12.1 Å². The summed E-state index contributed by atoms with van der Waals surface area (Å²) in [5.74, 6) is 0. The highest BCUT2D eigenvalue weighted by Gasteiger charge is 2.49. The van der Waals surface area contributed by atoms with Gasteiger partial charge in [-0.15, -0.1) is 0 Å². The van der Waals surface area contributed by atoms with Crippen LogP contribution in [0.3, 0.4) is 0 Å². The maximum atomic E-state index is 9.83. The van der Waals surface area contributed by atoms with Crippen molar-refractivity contribution in [1.82, 2.24) is 0 Å². The number of hydrogen-bond donors (Lipinski definition) is 2. The number of halogens is 1. The molecule has 76 valence electrons. The molecule has 2 rings (SSSR count). The molecule has 0 amide bonds. The van der Waals surface area contributed by atoms with Crippen LogP contribution in [0.25, 0.3) is 0 Å². The van der Waals surface area contributed by atoms with Crippen molar-refractivity contribution in [1.29, 1.82) is 0 Å². The van der Waals surface area contributed by atoms with Crippen LogP contribution in [0.4, 0.5) is 0 Å². The molecule has 0 saturated heterocycles. The topological polar surface area (TPSA) is 46.2 Å². The van der Waals surface area contributed by atoms with Gasteiger partial charge in [-0.3, -0.25) is 0 Å². The summed E-state index contributed by atoms with van der Waals surface area (Å²) in [7, 11) is 0. The summed E-state index contributed by atoms with van der Waals surface area (Å²) in [6.07, 6.45) is 1.70. The molecule has 3 N–H and O–H groups in total. The highest BCUT2D eigenvalue weighted by Crippen LogP contribution is 2.50. The Labute approximate surface area is 92.3 Å². The van der Waals surface area contributed by atoms with Crippen LogP contribution >= 0.6 is 15.9 Å². The van der Waals surface area contributed by atoms with Crippen molar-refractivity contribution in [2.75, 3.05) is 6.54 Å². The highest BCUT2D eigenvalue weighted by molar-refractivity contribution is 9.10. The van der Waals surface area contributed by atoms with E-state index in [4.69, 9.17) is 5.73 Å². The summed E-state index contributed by atoms with van der Waals surface area (Å²) < 4.78 is 1.07. The van der Waals surface area contributed by atoms with Gasteiger partial charge in [0.25, 0.3) is 0 Å². The van der Waals surface area contributed by atoms with Crippen molar-refractivity contribution in [2.24, 2.45) is 5.73 Å². The van der Waals surface area contributed by atoms with Crippen molar-refractivity contribution < 1.29 is 5.11 Å². The first-order valence-electron chi connectivity index (χ1n) is 4.83. The SMILES string of the molecule is NC[C@@H](O)C1(c2ccc(Br)cc2)CC1. The molecular weight excluding hydrogens is 242 g/mol. The van der Waals surface area contributed by atoms with Gasteiger partial charge in [0.05, 0.1) is 6.10 Å². The minimum Gasteiger partial charge on any atom is -0.391 e. The number of hydrogen-bond acceptors (Lipinski definition) is 2. The van der Waals surface area contributed by atoms with Crippen LogP contribution in [0.2, 0.25) is 0 Å². The zero-order valence-electron chi connectivity index (χ0n) is 7.91. The molecule has 0 unspecified atom stereocenters. The molecule has 0 spiro atoms. The fraction of sp³-hybridized carbons (Fsp3) is 0.455. The van der Waals surface area contributed by atoms with E-state index in [0.29, 0.717) is 6.54 Å². The fourth-order valence-electron chi connectivity index (χ4n) is 1.96. The van der Waals surface area contributed by atoms with E-state index in [1.165, 1.54) is 5.56 Å². The van der Waals surface area contributed by atoms with Gasteiger partial charge in [-0.2, -0.15) is 0 Å². The van der Waals surface area contributed by atoms with Gasteiger partial charge in [0.1, 0.15) is 0 Å². The second-order valence-corrected chi connectivity index (χ2v) is 4.83. The Morgan fingerprint density at radius 2 is 1.93 bits per heavy atom. The first-order valence-corrected chi connectivity index (χ1v) is 5.62. The van der Waals surface area contributed by atoms with E-state index >= 15 is 0 Å². The van der Waals surface area contributed by atoms with Crippen molar-refractivity contribution in [3.63, 3.8) is 0 Å². The quantitative estimate of drug-likeness (QED) is 0.866. The van der Waals surface area contributed by atoms with E-state index in [1.54, 1.807) is 0 Å². The van der Waals surface area contributed by atoms with Crippen LogP contribution in [-0.4, -0.2) is 17.8 Å². The van der Waals surface area contributed by atoms with Gasteiger partial charge in [0.2, 0.25) is 0 Å². The van der Waals surface area contributed by atoms with Crippen LogP contribution in [0.15, 0.2) is 28.7 Å². The predicted molar refractivity (Wildman–Crippen MR) is 60.1 cm³/mol. The minimum absolute atomic E-state index is 0.0462. The third-order valence-electron chi connectivity index (χ3n) is 3.07. The van der Waals surface area contributed by atoms with Crippen LogP contribution in [-0.2, 0) is 5.41 Å². The highest BCUT2D eigenvalue weighted by atomic mass is 79.9. The maximum Gasteiger partial charge on any atom is 0.0758 e. The van der Waals surface area contributed by atoms with Gasteiger partial charge in [-0.05, 0) is 30.5 Å². The van der Waals surface area contributed by atoms with Crippen LogP contribution in [0.5, 0.6) is 0 Å². The molecule has 1 fully saturated rings. The van der Waals surface area contributed by atoms with Gasteiger partial charge >= 0.3 is 0 Å². The van der Waals surface area contributed by atoms with E-state index in [0.717, 1.165) is 17.3 Å². The van der Waals surface area contributed by atoms with Crippen molar-refractivity contribution in [2.45, 2.75) is 24.4 Å². The Bertz CT molecular complexity index is 319. The minimum atomic E-state index is -0.399. The zero-order chi connectivity index (χ0) is 10.2. The smallest absolute Gasteiger partial charge is 0.0758 e. The molecule has 3 heteroatoms. The Kier molecular flexibility index (Phi) is 2.64. The summed E-state index contributed by atoms with van der Waals surface area (Å²) in [5.41, 5.74) is 6.67. The number of nitrogens with two attached hydrogens (primary N) is 1. The summed E-state index contributed by atoms with van der Waals surface area (Å²) in [4.78, 5) is 0. The molecule has 0 aliphatic heterocycles. The molecular formula is C11H14BrNO. The van der Waals surface area contributed by atoms with Crippen LogP contribution in [0.1, 0.15) is 18.4 Å². The lowest BCUT2D eigenvalue weighted by Crippen LogP contribution is -2.33. The molecule has 2 nitrogen and oxygen atoms in total. The first-order chi connectivity index (χ1) is 6.69. The van der Waals surface area contributed by atoms with E-state index < -0.39 is 6.10 Å². The van der Waals surface area contributed by atoms with Gasteiger partial charge in [-0.25, -0.2) is 0 Å². The van der Waals surface area contributed by atoms with E-state index in [2.05, 4.69) is 28.1 Å². The Hall–Kier alpha value is -0.380. The zero-order valence-corrected chi connectivity index (χ0v) is 9.50. The molecule has 14 heavy (non-hydrogen) atoms. The lowest BCUT2D eigenvalue weighted by molar-refractivity contribution is 0.139. The average Bonchev–Trinajstić information content (AvgIpc) is 2.99. The summed E-state index contributed by atoms with van der Waals surface area (Å²) in [6, 6.07) is 8.16. The molecule has 1 atom stereocenters. The Morgan fingerprint density at radius 3 is 2.36 bits per heavy atom. The molecule has 0 aromatic heterocycles. The van der Waals surface area contributed by atoms with Gasteiger partial charge in [-0.1, -0.05) is 28.1 Å². The lowest BCUT2D eigenvalue weighted by atomic mass is 9.90. The molecule has 0 bridgehead atoms. The lowest BCUT2D eigenvalue weighted by Gasteiger charge is -2.21. The van der Waals surface area contributed by atoms with Gasteiger partial charge < -0.3 is 10.8 Å². The summed E-state index contributed by atoms with van der Waals surface area (Å²) in [6.45, 7) is 0.343. The Balaban J connectivity index is 2.26. The average molecular weight is 256 g/mol.